The maximum atomic E-state index is 12.1. The van der Waals surface area contributed by atoms with E-state index in [0.29, 0.717) is 5.16 Å². The van der Waals surface area contributed by atoms with Crippen LogP contribution in [0.15, 0.2) is 40.0 Å². The lowest BCUT2D eigenvalue weighted by atomic mass is 10.3. The Morgan fingerprint density at radius 3 is 2.38 bits per heavy atom. The molecule has 2 aromatic rings. The zero-order valence-electron chi connectivity index (χ0n) is 11.2. The van der Waals surface area contributed by atoms with Crippen molar-refractivity contribution in [1.82, 2.24) is 9.97 Å². The number of rotatable bonds is 4. The van der Waals surface area contributed by atoms with Crippen molar-refractivity contribution >= 4 is 50.9 Å². The fourth-order valence-corrected chi connectivity index (χ4v) is 2.57. The predicted molar refractivity (Wildman–Crippen MR) is 88.9 cm³/mol. The Morgan fingerprint density at radius 1 is 1.24 bits per heavy atom. The second-order valence-electron chi connectivity index (χ2n) is 4.26. The van der Waals surface area contributed by atoms with E-state index in [1.807, 2.05) is 24.3 Å². The first kappa shape index (κ1) is 15.6. The molecule has 0 saturated carbocycles. The molecule has 0 saturated heterocycles. The molecule has 1 aromatic heterocycles. The molecule has 21 heavy (non-hydrogen) atoms. The van der Waals surface area contributed by atoms with Gasteiger partial charge in [-0.25, -0.2) is 9.97 Å². The van der Waals surface area contributed by atoms with Crippen LogP contribution < -0.4 is 16.8 Å². The van der Waals surface area contributed by atoms with E-state index in [0.717, 1.165) is 10.2 Å². The van der Waals surface area contributed by atoms with Gasteiger partial charge in [0.2, 0.25) is 5.91 Å². The zero-order valence-corrected chi connectivity index (χ0v) is 13.6. The molecule has 0 aliphatic carbocycles. The van der Waals surface area contributed by atoms with Crippen molar-refractivity contribution in [2.75, 3.05) is 16.8 Å². The van der Waals surface area contributed by atoms with Crippen molar-refractivity contribution < 1.29 is 4.79 Å². The molecule has 110 valence electrons. The van der Waals surface area contributed by atoms with E-state index < -0.39 is 0 Å². The van der Waals surface area contributed by atoms with Crippen molar-refractivity contribution in [1.29, 1.82) is 0 Å². The summed E-state index contributed by atoms with van der Waals surface area (Å²) in [5, 5.41) is 2.82. The highest BCUT2D eigenvalue weighted by atomic mass is 79.9. The number of aromatic nitrogens is 2. The van der Waals surface area contributed by atoms with Gasteiger partial charge in [-0.05, 0) is 31.2 Å². The third-order valence-electron chi connectivity index (χ3n) is 2.51. The van der Waals surface area contributed by atoms with Gasteiger partial charge >= 0.3 is 0 Å². The number of amides is 1. The minimum atomic E-state index is -0.380. The summed E-state index contributed by atoms with van der Waals surface area (Å²) < 4.78 is 0.951. The highest BCUT2D eigenvalue weighted by Gasteiger charge is 2.16. The lowest BCUT2D eigenvalue weighted by Gasteiger charge is -2.11. The summed E-state index contributed by atoms with van der Waals surface area (Å²) >= 11 is 4.54. The van der Waals surface area contributed by atoms with Gasteiger partial charge in [0.05, 0.1) is 5.25 Å². The van der Waals surface area contributed by atoms with Gasteiger partial charge in [0, 0.05) is 16.2 Å². The molecular formula is C13H14BrN5OS. The van der Waals surface area contributed by atoms with Crippen molar-refractivity contribution in [3.63, 3.8) is 0 Å². The number of nitrogens with zero attached hydrogens (tertiary/aromatic N) is 2. The van der Waals surface area contributed by atoms with Gasteiger partial charge in [-0.15, -0.1) is 0 Å². The van der Waals surface area contributed by atoms with E-state index in [1.54, 1.807) is 6.92 Å². The summed E-state index contributed by atoms with van der Waals surface area (Å²) in [6, 6.07) is 8.81. The Balaban J connectivity index is 2.00. The smallest absolute Gasteiger partial charge is 0.237 e. The number of halogens is 1. The van der Waals surface area contributed by atoms with Crippen LogP contribution in [-0.4, -0.2) is 21.1 Å². The molecule has 0 bridgehead atoms. The Hall–Kier alpha value is -1.80. The standard InChI is InChI=1S/C13H14BrN5OS/c1-7(21-13-18-10(15)6-11(16)19-13)12(20)17-9-4-2-8(14)3-5-9/h2-7H,1H3,(H,17,20)(H4,15,16,18,19)/t7-/m1/s1. The van der Waals surface area contributed by atoms with Crippen LogP contribution in [0.25, 0.3) is 0 Å². The molecule has 0 radical (unpaired) electrons. The number of hydrogen-bond acceptors (Lipinski definition) is 6. The van der Waals surface area contributed by atoms with Crippen molar-refractivity contribution in [2.45, 2.75) is 17.3 Å². The van der Waals surface area contributed by atoms with Crippen LogP contribution in [0.4, 0.5) is 17.3 Å². The number of thioether (sulfide) groups is 1. The Bertz CT molecular complexity index is 629. The Kier molecular flexibility index (Phi) is 5.03. The number of nitrogens with one attached hydrogen (secondary N) is 1. The van der Waals surface area contributed by atoms with E-state index in [1.165, 1.54) is 17.8 Å². The molecule has 8 heteroatoms. The first-order chi connectivity index (χ1) is 9.94. The molecule has 5 N–H and O–H groups in total. The molecule has 0 spiro atoms. The van der Waals surface area contributed by atoms with Gasteiger partial charge < -0.3 is 16.8 Å². The van der Waals surface area contributed by atoms with Gasteiger partial charge in [0.25, 0.3) is 0 Å². The summed E-state index contributed by atoms with van der Waals surface area (Å²) in [4.78, 5) is 20.2. The second-order valence-corrected chi connectivity index (χ2v) is 6.48. The number of nitrogens with two attached hydrogens (primary N) is 2. The van der Waals surface area contributed by atoms with Gasteiger partial charge in [0.15, 0.2) is 5.16 Å². The van der Waals surface area contributed by atoms with Crippen LogP contribution >= 0.6 is 27.7 Å². The maximum Gasteiger partial charge on any atom is 0.237 e. The molecule has 0 unspecified atom stereocenters. The van der Waals surface area contributed by atoms with Crippen molar-refractivity contribution in [3.8, 4) is 0 Å². The quantitative estimate of drug-likeness (QED) is 0.566. The molecule has 0 aliphatic heterocycles. The molecule has 1 heterocycles. The Labute approximate surface area is 134 Å². The van der Waals surface area contributed by atoms with E-state index in [2.05, 4.69) is 31.2 Å². The third-order valence-corrected chi connectivity index (χ3v) is 4.00. The summed E-state index contributed by atoms with van der Waals surface area (Å²) in [7, 11) is 0. The average molecular weight is 368 g/mol. The van der Waals surface area contributed by atoms with Gasteiger partial charge in [-0.1, -0.05) is 27.7 Å². The number of nitrogen functional groups attached to an aromatic ring is 2. The van der Waals surface area contributed by atoms with E-state index in [-0.39, 0.29) is 22.8 Å². The first-order valence-electron chi connectivity index (χ1n) is 6.07. The molecule has 1 atom stereocenters. The first-order valence-corrected chi connectivity index (χ1v) is 7.74. The van der Waals surface area contributed by atoms with E-state index >= 15 is 0 Å². The van der Waals surface area contributed by atoms with Gasteiger partial charge in [0.1, 0.15) is 11.6 Å². The van der Waals surface area contributed by atoms with Crippen molar-refractivity contribution in [3.05, 3.63) is 34.8 Å². The lowest BCUT2D eigenvalue weighted by Crippen LogP contribution is -2.22. The number of hydrogen-bond donors (Lipinski definition) is 3. The van der Waals surface area contributed by atoms with Crippen LogP contribution in [0.5, 0.6) is 0 Å². The van der Waals surface area contributed by atoms with Gasteiger partial charge in [-0.2, -0.15) is 0 Å². The SMILES string of the molecule is C[C@@H](Sc1nc(N)cc(N)n1)C(=O)Nc1ccc(Br)cc1. The lowest BCUT2D eigenvalue weighted by molar-refractivity contribution is -0.115. The van der Waals surface area contributed by atoms with Crippen LogP contribution in [0, 0.1) is 0 Å². The highest BCUT2D eigenvalue weighted by Crippen LogP contribution is 2.23. The molecule has 6 nitrogen and oxygen atoms in total. The molecule has 0 fully saturated rings. The van der Waals surface area contributed by atoms with Crippen LogP contribution in [0.1, 0.15) is 6.92 Å². The molecular weight excluding hydrogens is 354 g/mol. The average Bonchev–Trinajstić information content (AvgIpc) is 2.40. The Morgan fingerprint density at radius 2 is 1.81 bits per heavy atom. The molecule has 0 aliphatic rings. The number of benzene rings is 1. The van der Waals surface area contributed by atoms with E-state index in [9.17, 15) is 4.79 Å². The maximum absolute atomic E-state index is 12.1. The molecule has 1 aromatic carbocycles. The van der Waals surface area contributed by atoms with Crippen LogP contribution in [-0.2, 0) is 4.79 Å². The second kappa shape index (κ2) is 6.77. The van der Waals surface area contributed by atoms with Gasteiger partial charge in [-0.3, -0.25) is 4.79 Å². The molecule has 1 amide bonds. The largest absolute Gasteiger partial charge is 0.383 e. The highest BCUT2D eigenvalue weighted by molar-refractivity contribution is 9.10. The number of anilines is 3. The monoisotopic (exact) mass is 367 g/mol. The minimum Gasteiger partial charge on any atom is -0.383 e. The summed E-state index contributed by atoms with van der Waals surface area (Å²) in [5.41, 5.74) is 11.9. The topological polar surface area (TPSA) is 107 Å². The summed E-state index contributed by atoms with van der Waals surface area (Å²) in [6.07, 6.45) is 0. The fraction of sp³-hybridized carbons (Fsp3) is 0.154. The fourth-order valence-electron chi connectivity index (χ4n) is 1.50. The number of carbonyl (C=O) groups is 1. The third kappa shape index (κ3) is 4.61. The van der Waals surface area contributed by atoms with Crippen LogP contribution in [0.2, 0.25) is 0 Å². The predicted octanol–water partition coefficient (Wildman–Crippen LogP) is 2.52. The van der Waals surface area contributed by atoms with Crippen LogP contribution in [0.3, 0.4) is 0 Å². The minimum absolute atomic E-state index is 0.146. The van der Waals surface area contributed by atoms with Crippen molar-refractivity contribution in [2.24, 2.45) is 0 Å². The number of carbonyl (C=O) groups excluding carboxylic acids is 1. The zero-order chi connectivity index (χ0) is 15.4. The molecule has 2 rings (SSSR count). The van der Waals surface area contributed by atoms with E-state index in [4.69, 9.17) is 11.5 Å². The summed E-state index contributed by atoms with van der Waals surface area (Å²) in [5.74, 6) is 0.419. The normalized spacial score (nSPS) is 11.9. The summed E-state index contributed by atoms with van der Waals surface area (Å²) in [6.45, 7) is 1.77.